The first-order valence-electron chi connectivity index (χ1n) is 5.73. The molecule has 0 unspecified atom stereocenters. The third-order valence-electron chi connectivity index (χ3n) is 2.69. The van der Waals surface area contributed by atoms with Crippen LogP contribution in [0.3, 0.4) is 0 Å². The Bertz CT molecular complexity index is 561. The molecule has 2 rings (SSSR count). The molecule has 0 radical (unpaired) electrons. The van der Waals surface area contributed by atoms with E-state index in [0.29, 0.717) is 5.92 Å². The molecule has 18 heavy (non-hydrogen) atoms. The maximum absolute atomic E-state index is 11.3. The monoisotopic (exact) mass is 245 g/mol. The first-order chi connectivity index (χ1) is 8.63. The Kier molecular flexibility index (Phi) is 3.41. The zero-order chi connectivity index (χ0) is 13.1. The summed E-state index contributed by atoms with van der Waals surface area (Å²) in [5.41, 5.74) is 2.28. The molecule has 0 N–H and O–H groups in total. The van der Waals surface area contributed by atoms with Gasteiger partial charge in [0.05, 0.1) is 19.0 Å². The van der Waals surface area contributed by atoms with Crippen molar-refractivity contribution < 1.29 is 9.53 Å². The molecule has 94 valence electrons. The van der Waals surface area contributed by atoms with Gasteiger partial charge in [-0.05, 0) is 17.5 Å². The highest BCUT2D eigenvalue weighted by molar-refractivity contribution is 5.86. The summed E-state index contributed by atoms with van der Waals surface area (Å²) < 4.78 is 6.21. The lowest BCUT2D eigenvalue weighted by molar-refractivity contribution is 0.0594. The van der Waals surface area contributed by atoms with Gasteiger partial charge in [0.1, 0.15) is 0 Å². The van der Waals surface area contributed by atoms with Crippen molar-refractivity contribution in [2.45, 2.75) is 19.8 Å². The van der Waals surface area contributed by atoms with Gasteiger partial charge in [0.25, 0.3) is 0 Å². The molecule has 0 saturated carbocycles. The average Bonchev–Trinajstić information content (AvgIpc) is 2.87. The number of hydrogen-bond acceptors (Lipinski definition) is 4. The van der Waals surface area contributed by atoms with E-state index < -0.39 is 5.97 Å². The van der Waals surface area contributed by atoms with Crippen LogP contribution in [0.1, 0.15) is 35.8 Å². The summed E-state index contributed by atoms with van der Waals surface area (Å²) in [7, 11) is 1.32. The van der Waals surface area contributed by atoms with Gasteiger partial charge < -0.3 is 4.74 Å². The molecular formula is C13H15N3O2. The van der Waals surface area contributed by atoms with Gasteiger partial charge in [-0.1, -0.05) is 37.3 Å². The Labute approximate surface area is 105 Å². The molecule has 0 aliphatic heterocycles. The lowest BCUT2D eigenvalue weighted by Crippen LogP contribution is -2.02. The Balaban J connectivity index is 2.43. The summed E-state index contributed by atoms with van der Waals surface area (Å²) in [5, 5.41) is 7.77. The molecule has 0 atom stereocenters. The van der Waals surface area contributed by atoms with E-state index >= 15 is 0 Å². The highest BCUT2D eigenvalue weighted by Gasteiger charge is 2.14. The van der Waals surface area contributed by atoms with Crippen molar-refractivity contribution in [3.63, 3.8) is 0 Å². The van der Waals surface area contributed by atoms with Crippen molar-refractivity contribution in [2.75, 3.05) is 7.11 Å². The lowest BCUT2D eigenvalue weighted by Gasteiger charge is -2.11. The summed E-state index contributed by atoms with van der Waals surface area (Å²) in [5.74, 6) is -0.116. The predicted octanol–water partition coefficient (Wildman–Crippen LogP) is 2.18. The van der Waals surface area contributed by atoms with E-state index in [1.165, 1.54) is 7.11 Å². The number of aromatic nitrogens is 3. The number of esters is 1. The summed E-state index contributed by atoms with van der Waals surface area (Å²) in [6.45, 7) is 4.22. The first-order valence-corrected chi connectivity index (χ1v) is 5.73. The second kappa shape index (κ2) is 5.00. The third-order valence-corrected chi connectivity index (χ3v) is 2.69. The molecule has 0 saturated heterocycles. The van der Waals surface area contributed by atoms with E-state index in [1.54, 1.807) is 10.9 Å². The molecule has 0 amide bonds. The van der Waals surface area contributed by atoms with Gasteiger partial charge in [-0.2, -0.15) is 0 Å². The number of rotatable bonds is 3. The predicted molar refractivity (Wildman–Crippen MR) is 66.8 cm³/mol. The molecule has 5 nitrogen and oxygen atoms in total. The van der Waals surface area contributed by atoms with E-state index in [2.05, 4.69) is 28.9 Å². The molecule has 0 bridgehead atoms. The highest BCUT2D eigenvalue weighted by Crippen LogP contribution is 2.22. The second-order valence-corrected chi connectivity index (χ2v) is 4.25. The Morgan fingerprint density at radius 3 is 2.72 bits per heavy atom. The first kappa shape index (κ1) is 12.3. The molecule has 0 spiro atoms. The summed E-state index contributed by atoms with van der Waals surface area (Å²) in [6.07, 6.45) is 1.58. The Morgan fingerprint density at radius 1 is 1.33 bits per heavy atom. The van der Waals surface area contributed by atoms with Crippen LogP contribution in [0.2, 0.25) is 0 Å². The normalized spacial score (nSPS) is 10.7. The average molecular weight is 245 g/mol. The lowest BCUT2D eigenvalue weighted by atomic mass is 10.0. The fourth-order valence-electron chi connectivity index (χ4n) is 1.76. The molecule has 1 heterocycles. The van der Waals surface area contributed by atoms with E-state index in [0.717, 1.165) is 11.3 Å². The van der Waals surface area contributed by atoms with E-state index in [4.69, 9.17) is 0 Å². The van der Waals surface area contributed by atoms with Crippen LogP contribution in [0.5, 0.6) is 0 Å². The number of ether oxygens (including phenoxy) is 1. The van der Waals surface area contributed by atoms with Crippen LogP contribution >= 0.6 is 0 Å². The Hall–Kier alpha value is -2.17. The largest absolute Gasteiger partial charge is 0.464 e. The van der Waals surface area contributed by atoms with Gasteiger partial charge in [-0.25, -0.2) is 9.48 Å². The van der Waals surface area contributed by atoms with E-state index in [-0.39, 0.29) is 5.69 Å². The standard InChI is InChI=1S/C13H15N3O2/c1-9(2)10-6-4-5-7-12(10)16-8-11(14-15-16)13(17)18-3/h4-9H,1-3H3. The SMILES string of the molecule is COC(=O)c1cn(-c2ccccc2C(C)C)nn1. The van der Waals surface area contributed by atoms with Crippen LogP contribution in [0.25, 0.3) is 5.69 Å². The Morgan fingerprint density at radius 2 is 2.06 bits per heavy atom. The van der Waals surface area contributed by atoms with Gasteiger partial charge in [-0.3, -0.25) is 0 Å². The number of nitrogens with zero attached hydrogens (tertiary/aromatic N) is 3. The van der Waals surface area contributed by atoms with Gasteiger partial charge in [-0.15, -0.1) is 5.10 Å². The second-order valence-electron chi connectivity index (χ2n) is 4.25. The number of para-hydroxylation sites is 1. The molecule has 0 aliphatic rings. The number of carbonyl (C=O) groups excluding carboxylic acids is 1. The van der Waals surface area contributed by atoms with Gasteiger partial charge in [0.2, 0.25) is 0 Å². The van der Waals surface area contributed by atoms with Crippen LogP contribution in [0.15, 0.2) is 30.5 Å². The van der Waals surface area contributed by atoms with Gasteiger partial charge in [0.15, 0.2) is 5.69 Å². The van der Waals surface area contributed by atoms with Crippen LogP contribution in [0.4, 0.5) is 0 Å². The topological polar surface area (TPSA) is 57.0 Å². The molecule has 0 aliphatic carbocycles. The van der Waals surface area contributed by atoms with Crippen LogP contribution in [0, 0.1) is 0 Å². The van der Waals surface area contributed by atoms with Gasteiger partial charge in [0, 0.05) is 0 Å². The molecule has 2 aromatic rings. The van der Waals surface area contributed by atoms with E-state index in [9.17, 15) is 4.79 Å². The summed E-state index contributed by atoms with van der Waals surface area (Å²) in [4.78, 5) is 11.3. The maximum atomic E-state index is 11.3. The zero-order valence-corrected chi connectivity index (χ0v) is 10.6. The van der Waals surface area contributed by atoms with Crippen LogP contribution < -0.4 is 0 Å². The van der Waals surface area contributed by atoms with E-state index in [1.807, 2.05) is 24.3 Å². The fraction of sp³-hybridized carbons (Fsp3) is 0.308. The van der Waals surface area contributed by atoms with Crippen molar-refractivity contribution in [2.24, 2.45) is 0 Å². The minimum Gasteiger partial charge on any atom is -0.464 e. The zero-order valence-electron chi connectivity index (χ0n) is 10.6. The van der Waals surface area contributed by atoms with Crippen molar-refractivity contribution in [1.29, 1.82) is 0 Å². The minimum atomic E-state index is -0.483. The molecule has 5 heteroatoms. The molecule has 1 aromatic carbocycles. The summed E-state index contributed by atoms with van der Waals surface area (Å²) in [6, 6.07) is 7.91. The number of hydrogen-bond donors (Lipinski definition) is 0. The number of benzene rings is 1. The van der Waals surface area contributed by atoms with Crippen LogP contribution in [-0.4, -0.2) is 28.1 Å². The number of methoxy groups -OCH3 is 1. The third kappa shape index (κ3) is 2.25. The smallest absolute Gasteiger partial charge is 0.360 e. The molecule has 0 fully saturated rings. The summed E-state index contributed by atoms with van der Waals surface area (Å²) >= 11 is 0. The van der Waals surface area contributed by atoms with Crippen molar-refractivity contribution in [3.05, 3.63) is 41.7 Å². The fourth-order valence-corrected chi connectivity index (χ4v) is 1.76. The molecule has 1 aromatic heterocycles. The quantitative estimate of drug-likeness (QED) is 0.778. The van der Waals surface area contributed by atoms with Crippen LogP contribution in [-0.2, 0) is 4.74 Å². The van der Waals surface area contributed by atoms with Gasteiger partial charge >= 0.3 is 5.97 Å². The minimum absolute atomic E-state index is 0.205. The van der Waals surface area contributed by atoms with Crippen molar-refractivity contribution in [1.82, 2.24) is 15.0 Å². The maximum Gasteiger partial charge on any atom is 0.360 e. The molecular weight excluding hydrogens is 230 g/mol. The van der Waals surface area contributed by atoms with Crippen molar-refractivity contribution in [3.8, 4) is 5.69 Å². The van der Waals surface area contributed by atoms with Crippen molar-refractivity contribution >= 4 is 5.97 Å². The highest BCUT2D eigenvalue weighted by atomic mass is 16.5. The number of carbonyl (C=O) groups is 1.